The molecule has 0 aliphatic rings. The number of rotatable bonds is 4. The highest BCUT2D eigenvalue weighted by atomic mass is 16.4. The quantitative estimate of drug-likeness (QED) is 0.268. The molecule has 0 amide bonds. The van der Waals surface area contributed by atoms with Crippen LogP contribution in [0.3, 0.4) is 0 Å². The van der Waals surface area contributed by atoms with Crippen LogP contribution >= 0.6 is 0 Å². The lowest BCUT2D eigenvalue weighted by molar-refractivity contribution is 0.0675. The van der Waals surface area contributed by atoms with Gasteiger partial charge in [0.15, 0.2) is 28.6 Å². The second kappa shape index (κ2) is 6.84. The van der Waals surface area contributed by atoms with Gasteiger partial charge in [-0.25, -0.2) is 14.4 Å². The Morgan fingerprint density at radius 3 is 1.74 bits per heavy atom. The van der Waals surface area contributed by atoms with E-state index in [1.165, 1.54) is 0 Å². The maximum absolute atomic E-state index is 12.6. The summed E-state index contributed by atoms with van der Waals surface area (Å²) in [5, 5.41) is 76.5. The molecular weight excluding hydrogens is 424 g/mol. The summed E-state index contributed by atoms with van der Waals surface area (Å²) in [7, 11) is 0. The summed E-state index contributed by atoms with van der Waals surface area (Å²) in [6.45, 7) is 0. The fourth-order valence-electron chi connectivity index (χ4n) is 2.96. The van der Waals surface area contributed by atoms with Crippen molar-refractivity contribution in [1.82, 2.24) is 0 Å². The Kier molecular flexibility index (Phi) is 4.58. The molecule has 0 unspecified atom stereocenters. The molecule has 0 aliphatic heterocycles. The average molecular weight is 434 g/mol. The second-order valence-corrected chi connectivity index (χ2v) is 6.03. The maximum Gasteiger partial charge on any atom is 0.343 e. The minimum atomic E-state index is -2.00. The number of aromatic carboxylic acids is 3. The monoisotopic (exact) mass is 434 g/mol. The molecule has 0 bridgehead atoms. The minimum absolute atomic E-state index is 0.683. The van der Waals surface area contributed by atoms with E-state index in [9.17, 15) is 54.9 Å². The van der Waals surface area contributed by atoms with Crippen LogP contribution in [0.25, 0.3) is 22.3 Å². The molecule has 0 saturated heterocycles. The number of carboxylic acids is 3. The van der Waals surface area contributed by atoms with Crippen LogP contribution in [0.2, 0.25) is 0 Å². The van der Waals surface area contributed by atoms with Crippen LogP contribution in [0.1, 0.15) is 31.1 Å². The van der Waals surface area contributed by atoms with Gasteiger partial charge in [0.25, 0.3) is 0 Å². The number of hydrogen-bond donors (Lipinski definition) is 8. The van der Waals surface area contributed by atoms with Gasteiger partial charge in [0.1, 0.15) is 27.8 Å². The van der Waals surface area contributed by atoms with Gasteiger partial charge < -0.3 is 45.3 Å². The van der Waals surface area contributed by atoms with Crippen LogP contribution in [-0.2, 0) is 0 Å². The lowest BCUT2D eigenvalue weighted by atomic mass is 9.99. The van der Waals surface area contributed by atoms with E-state index in [0.717, 1.165) is 12.1 Å². The lowest BCUT2D eigenvalue weighted by Crippen LogP contribution is -2.12. The highest BCUT2D eigenvalue weighted by Crippen LogP contribution is 2.44. The molecule has 13 heteroatoms. The Morgan fingerprint density at radius 2 is 1.23 bits per heavy atom. The number of carboxylic acid groups (broad SMARTS) is 3. The molecule has 3 rings (SSSR count). The van der Waals surface area contributed by atoms with Crippen molar-refractivity contribution in [3.05, 3.63) is 39.0 Å². The van der Waals surface area contributed by atoms with Gasteiger partial charge in [-0.05, 0) is 12.1 Å². The van der Waals surface area contributed by atoms with E-state index >= 15 is 0 Å². The van der Waals surface area contributed by atoms with Crippen molar-refractivity contribution in [2.45, 2.75) is 0 Å². The van der Waals surface area contributed by atoms with Crippen molar-refractivity contribution in [2.75, 3.05) is 0 Å². The van der Waals surface area contributed by atoms with Gasteiger partial charge in [0.05, 0.1) is 0 Å². The summed E-state index contributed by atoms with van der Waals surface area (Å²) >= 11 is 0. The molecule has 0 atom stereocenters. The third kappa shape index (κ3) is 2.88. The first kappa shape index (κ1) is 20.8. The number of fused-ring (bicyclic) bond motifs is 1. The number of aromatic hydroxyl groups is 5. The summed E-state index contributed by atoms with van der Waals surface area (Å²) < 4.78 is 5.13. The lowest BCUT2D eigenvalue weighted by Gasteiger charge is -2.14. The molecule has 0 radical (unpaired) electrons. The van der Waals surface area contributed by atoms with Gasteiger partial charge in [-0.15, -0.1) is 0 Å². The topological polar surface area (TPSA) is 243 Å². The Bertz CT molecular complexity index is 1380. The van der Waals surface area contributed by atoms with Crippen molar-refractivity contribution in [3.8, 4) is 40.1 Å². The Hall–Kier alpha value is -4.94. The standard InChI is InChI=1S/C18H10O13/c19-4-2-1-3(5(9(4)20)16(25)26)14-13(24)12(23)6-10(21)7(17(27)28)11(22)8(18(29)30)15(6)31-14/h1-2,19-22,24H,(H,25,26)(H,27,28)(H,29,30). The number of benzene rings is 2. The Labute approximate surface area is 168 Å². The van der Waals surface area contributed by atoms with Crippen molar-refractivity contribution < 1.29 is 59.7 Å². The predicted molar refractivity (Wildman–Crippen MR) is 97.1 cm³/mol. The van der Waals surface area contributed by atoms with Crippen molar-refractivity contribution in [1.29, 1.82) is 0 Å². The summed E-state index contributed by atoms with van der Waals surface area (Å²) in [6.07, 6.45) is 0. The smallest absolute Gasteiger partial charge is 0.343 e. The maximum atomic E-state index is 12.6. The molecule has 13 nitrogen and oxygen atoms in total. The first-order valence-electron chi connectivity index (χ1n) is 7.92. The normalized spacial score (nSPS) is 10.8. The zero-order valence-electron chi connectivity index (χ0n) is 14.8. The third-order valence-corrected chi connectivity index (χ3v) is 4.31. The number of carbonyl (C=O) groups is 3. The van der Waals surface area contributed by atoms with Gasteiger partial charge in [-0.1, -0.05) is 0 Å². The van der Waals surface area contributed by atoms with Crippen molar-refractivity contribution >= 4 is 28.9 Å². The molecular formula is C18H10O13. The van der Waals surface area contributed by atoms with Gasteiger partial charge in [-0.2, -0.15) is 0 Å². The predicted octanol–water partition coefficient (Wildman–Crippen LogP) is 1.08. The fraction of sp³-hybridized carbons (Fsp3) is 0. The Morgan fingerprint density at radius 1 is 0.677 bits per heavy atom. The molecule has 160 valence electrons. The van der Waals surface area contributed by atoms with E-state index in [0.29, 0.717) is 0 Å². The number of hydrogen-bond acceptors (Lipinski definition) is 10. The highest BCUT2D eigenvalue weighted by molar-refractivity contribution is 6.12. The fourth-order valence-corrected chi connectivity index (χ4v) is 2.96. The number of phenolic OH excluding ortho intramolecular Hbond substituents is 1. The van der Waals surface area contributed by atoms with E-state index in [1.54, 1.807) is 0 Å². The van der Waals surface area contributed by atoms with Crippen LogP contribution in [0.15, 0.2) is 21.3 Å². The molecule has 31 heavy (non-hydrogen) atoms. The summed E-state index contributed by atoms with van der Waals surface area (Å²) in [5.74, 6) is -13.1. The first-order valence-corrected chi connectivity index (χ1v) is 7.92. The first-order chi connectivity index (χ1) is 14.4. The molecule has 0 fully saturated rings. The third-order valence-electron chi connectivity index (χ3n) is 4.31. The molecule has 8 N–H and O–H groups in total. The van der Waals surface area contributed by atoms with E-state index in [-0.39, 0.29) is 0 Å². The van der Waals surface area contributed by atoms with Crippen molar-refractivity contribution in [3.63, 3.8) is 0 Å². The SMILES string of the molecule is O=C(O)c1c(-c2oc3c(C(=O)O)c(O)c(C(=O)O)c(O)c3c(=O)c2O)ccc(O)c1O. The second-order valence-electron chi connectivity index (χ2n) is 6.03. The summed E-state index contributed by atoms with van der Waals surface area (Å²) in [4.78, 5) is 47.1. The van der Waals surface area contributed by atoms with Gasteiger partial charge in [-0.3, -0.25) is 4.79 Å². The highest BCUT2D eigenvalue weighted by Gasteiger charge is 2.33. The van der Waals surface area contributed by atoms with E-state index in [4.69, 9.17) is 9.52 Å². The van der Waals surface area contributed by atoms with Crippen LogP contribution < -0.4 is 5.43 Å². The number of phenols is 4. The molecule has 1 aromatic heterocycles. The Balaban J connectivity index is 2.62. The van der Waals surface area contributed by atoms with Crippen LogP contribution in [0.4, 0.5) is 0 Å². The van der Waals surface area contributed by atoms with E-state index in [2.05, 4.69) is 0 Å². The minimum Gasteiger partial charge on any atom is -0.506 e. The van der Waals surface area contributed by atoms with Crippen molar-refractivity contribution in [2.24, 2.45) is 0 Å². The van der Waals surface area contributed by atoms with E-state index < -0.39 is 91.1 Å². The van der Waals surface area contributed by atoms with Gasteiger partial charge in [0.2, 0.25) is 11.2 Å². The zero-order chi connectivity index (χ0) is 23.4. The summed E-state index contributed by atoms with van der Waals surface area (Å²) in [5.41, 5.74) is -7.00. The van der Waals surface area contributed by atoms with E-state index in [1.807, 2.05) is 0 Å². The van der Waals surface area contributed by atoms with Crippen LogP contribution in [0.5, 0.6) is 28.7 Å². The largest absolute Gasteiger partial charge is 0.506 e. The van der Waals surface area contributed by atoms with Crippen LogP contribution in [-0.4, -0.2) is 58.8 Å². The zero-order valence-corrected chi connectivity index (χ0v) is 14.8. The molecule has 2 aromatic carbocycles. The van der Waals surface area contributed by atoms with Crippen LogP contribution in [0, 0.1) is 0 Å². The van der Waals surface area contributed by atoms with Gasteiger partial charge in [0, 0.05) is 5.56 Å². The average Bonchev–Trinajstić information content (AvgIpc) is 2.65. The molecule has 0 aliphatic carbocycles. The molecule has 0 spiro atoms. The van der Waals surface area contributed by atoms with Gasteiger partial charge >= 0.3 is 17.9 Å². The summed E-state index contributed by atoms with van der Waals surface area (Å²) in [6, 6.07) is 1.59. The molecule has 0 saturated carbocycles. The molecule has 3 aromatic rings. The molecule has 1 heterocycles.